The van der Waals surface area contributed by atoms with E-state index in [4.69, 9.17) is 0 Å². The quantitative estimate of drug-likeness (QED) is 0.790. The summed E-state index contributed by atoms with van der Waals surface area (Å²) in [7, 11) is 5.96. The van der Waals surface area contributed by atoms with Gasteiger partial charge in [-0.3, -0.25) is 4.79 Å². The molecule has 2 aromatic rings. The number of Topliss-reactive ketones (excluding diaryl/α,β-unsaturated/α-hetero) is 1. The molecular formula is C23H26N2O. The van der Waals surface area contributed by atoms with E-state index in [-0.39, 0.29) is 5.78 Å². The maximum absolute atomic E-state index is 12.9. The number of ketones is 1. The number of benzene rings is 2. The summed E-state index contributed by atoms with van der Waals surface area (Å²) in [5, 5.41) is 3.14. The maximum atomic E-state index is 12.9. The van der Waals surface area contributed by atoms with Gasteiger partial charge in [0.2, 0.25) is 0 Å². The van der Waals surface area contributed by atoms with Crippen molar-refractivity contribution in [2.45, 2.75) is 19.3 Å². The maximum Gasteiger partial charge on any atom is 0.185 e. The van der Waals surface area contributed by atoms with E-state index in [1.807, 2.05) is 51.5 Å². The highest BCUT2D eigenvalue weighted by molar-refractivity contribution is 6.14. The van der Waals surface area contributed by atoms with E-state index in [9.17, 15) is 4.79 Å². The predicted molar refractivity (Wildman–Crippen MR) is 112 cm³/mol. The average molecular weight is 346 g/mol. The van der Waals surface area contributed by atoms with Crippen molar-refractivity contribution in [1.29, 1.82) is 0 Å². The van der Waals surface area contributed by atoms with Gasteiger partial charge in [0.15, 0.2) is 5.78 Å². The Morgan fingerprint density at radius 3 is 2.19 bits per heavy atom. The molecule has 0 bridgehead atoms. The third-order valence-corrected chi connectivity index (χ3v) is 4.74. The Hall–Kier alpha value is -2.81. The molecule has 134 valence electrons. The Kier molecular flexibility index (Phi) is 5.57. The van der Waals surface area contributed by atoms with E-state index >= 15 is 0 Å². The molecule has 26 heavy (non-hydrogen) atoms. The molecular weight excluding hydrogens is 320 g/mol. The third-order valence-electron chi connectivity index (χ3n) is 4.74. The first-order chi connectivity index (χ1) is 12.6. The number of hydrogen-bond donors (Lipinski definition) is 1. The summed E-state index contributed by atoms with van der Waals surface area (Å²) in [5.41, 5.74) is 6.17. The first kappa shape index (κ1) is 18.0. The molecule has 0 amide bonds. The van der Waals surface area contributed by atoms with Crippen LogP contribution in [0.2, 0.25) is 0 Å². The smallest absolute Gasteiger partial charge is 0.185 e. The Balaban J connectivity index is 1.83. The van der Waals surface area contributed by atoms with Crippen molar-refractivity contribution in [2.75, 3.05) is 31.4 Å². The zero-order valence-corrected chi connectivity index (χ0v) is 15.8. The minimum atomic E-state index is 0.183. The lowest BCUT2D eigenvalue weighted by Gasteiger charge is -2.17. The molecule has 1 aliphatic carbocycles. The largest absolute Gasteiger partial charge is 0.388 e. The van der Waals surface area contributed by atoms with Crippen LogP contribution in [-0.4, -0.2) is 26.9 Å². The lowest BCUT2D eigenvalue weighted by Crippen LogP contribution is -2.12. The molecule has 0 aliphatic heterocycles. The van der Waals surface area contributed by atoms with Gasteiger partial charge >= 0.3 is 0 Å². The van der Waals surface area contributed by atoms with Crippen LogP contribution in [-0.2, 0) is 4.79 Å². The van der Waals surface area contributed by atoms with Gasteiger partial charge in [0.1, 0.15) is 0 Å². The monoisotopic (exact) mass is 346 g/mol. The molecule has 1 fully saturated rings. The minimum Gasteiger partial charge on any atom is -0.388 e. The highest BCUT2D eigenvalue weighted by Gasteiger charge is 2.20. The van der Waals surface area contributed by atoms with Crippen molar-refractivity contribution in [3.8, 4) is 0 Å². The second-order valence-corrected chi connectivity index (χ2v) is 6.88. The highest BCUT2D eigenvalue weighted by Crippen LogP contribution is 2.28. The SMILES string of the molecule is CNc1cccc(C=C2CCCC(=Cc3ccc(N(C)C)cc3)C2=O)c1. The predicted octanol–water partition coefficient (Wildman–Crippen LogP) is 5.01. The summed E-state index contributed by atoms with van der Waals surface area (Å²) in [6.07, 6.45) is 6.79. The van der Waals surface area contributed by atoms with Gasteiger partial charge in [0, 0.05) is 43.7 Å². The number of nitrogens with one attached hydrogen (secondary N) is 1. The van der Waals surface area contributed by atoms with Crippen LogP contribution in [0.5, 0.6) is 0 Å². The van der Waals surface area contributed by atoms with Crippen LogP contribution >= 0.6 is 0 Å². The Morgan fingerprint density at radius 2 is 1.58 bits per heavy atom. The Bertz CT molecular complexity index is 845. The number of carbonyl (C=O) groups excluding carboxylic acids is 1. The van der Waals surface area contributed by atoms with Crippen LogP contribution in [0.15, 0.2) is 59.7 Å². The Morgan fingerprint density at radius 1 is 0.923 bits per heavy atom. The molecule has 1 saturated carbocycles. The van der Waals surface area contributed by atoms with Gasteiger partial charge in [-0.05, 0) is 66.8 Å². The molecule has 0 spiro atoms. The van der Waals surface area contributed by atoms with Crippen LogP contribution in [0.4, 0.5) is 11.4 Å². The van der Waals surface area contributed by atoms with E-state index in [0.717, 1.165) is 52.9 Å². The van der Waals surface area contributed by atoms with Crippen molar-refractivity contribution in [2.24, 2.45) is 0 Å². The van der Waals surface area contributed by atoms with Gasteiger partial charge in [0.05, 0.1) is 0 Å². The summed E-state index contributed by atoms with van der Waals surface area (Å²) in [6.45, 7) is 0. The summed E-state index contributed by atoms with van der Waals surface area (Å²) in [5.74, 6) is 0.183. The zero-order valence-electron chi connectivity index (χ0n) is 15.8. The van der Waals surface area contributed by atoms with Crippen LogP contribution in [0, 0.1) is 0 Å². The van der Waals surface area contributed by atoms with Gasteiger partial charge < -0.3 is 10.2 Å². The van der Waals surface area contributed by atoms with Crippen molar-refractivity contribution in [3.63, 3.8) is 0 Å². The zero-order chi connectivity index (χ0) is 18.5. The van der Waals surface area contributed by atoms with Gasteiger partial charge in [-0.25, -0.2) is 0 Å². The fraction of sp³-hybridized carbons (Fsp3) is 0.261. The second-order valence-electron chi connectivity index (χ2n) is 6.88. The van der Waals surface area contributed by atoms with Gasteiger partial charge in [-0.15, -0.1) is 0 Å². The van der Waals surface area contributed by atoms with E-state index < -0.39 is 0 Å². The van der Waals surface area contributed by atoms with Crippen molar-refractivity contribution in [1.82, 2.24) is 0 Å². The molecule has 1 N–H and O–H groups in total. The molecule has 0 saturated heterocycles. The number of allylic oxidation sites excluding steroid dienone is 2. The van der Waals surface area contributed by atoms with Crippen LogP contribution in [0.25, 0.3) is 12.2 Å². The van der Waals surface area contributed by atoms with Gasteiger partial charge in [0.25, 0.3) is 0 Å². The van der Waals surface area contributed by atoms with Crippen LogP contribution in [0.3, 0.4) is 0 Å². The first-order valence-electron chi connectivity index (χ1n) is 9.08. The van der Waals surface area contributed by atoms with Gasteiger partial charge in [-0.1, -0.05) is 24.3 Å². The molecule has 0 unspecified atom stereocenters. The summed E-state index contributed by atoms with van der Waals surface area (Å²) in [4.78, 5) is 15.0. The number of anilines is 2. The Labute approximate surface area is 156 Å². The summed E-state index contributed by atoms with van der Waals surface area (Å²) < 4.78 is 0. The number of hydrogen-bond acceptors (Lipinski definition) is 3. The molecule has 0 aromatic heterocycles. The number of rotatable bonds is 4. The standard InChI is InChI=1S/C23H26N2O/c1-24-21-9-4-6-18(16-21)15-20-8-5-7-19(23(20)26)14-17-10-12-22(13-11-17)25(2)3/h4,6,9-16,24H,5,7-8H2,1-3H3. The number of nitrogens with zero attached hydrogens (tertiary/aromatic N) is 1. The fourth-order valence-electron chi connectivity index (χ4n) is 3.23. The molecule has 1 aliphatic rings. The molecule has 0 atom stereocenters. The lowest BCUT2D eigenvalue weighted by molar-refractivity contribution is -0.112. The summed E-state index contributed by atoms with van der Waals surface area (Å²) >= 11 is 0. The molecule has 3 rings (SSSR count). The fourth-order valence-corrected chi connectivity index (χ4v) is 3.23. The molecule has 0 radical (unpaired) electrons. The van der Waals surface area contributed by atoms with E-state index in [1.54, 1.807) is 0 Å². The molecule has 0 heterocycles. The van der Waals surface area contributed by atoms with Crippen molar-refractivity contribution < 1.29 is 4.79 Å². The van der Waals surface area contributed by atoms with Crippen LogP contribution in [0.1, 0.15) is 30.4 Å². The van der Waals surface area contributed by atoms with Gasteiger partial charge in [-0.2, -0.15) is 0 Å². The van der Waals surface area contributed by atoms with Crippen molar-refractivity contribution in [3.05, 3.63) is 70.8 Å². The first-order valence-corrected chi connectivity index (χ1v) is 9.08. The summed E-state index contributed by atoms with van der Waals surface area (Å²) in [6, 6.07) is 16.5. The average Bonchev–Trinajstić information content (AvgIpc) is 2.65. The number of carbonyl (C=O) groups is 1. The highest BCUT2D eigenvalue weighted by atomic mass is 16.1. The van der Waals surface area contributed by atoms with E-state index in [1.165, 1.54) is 0 Å². The molecule has 3 nitrogen and oxygen atoms in total. The van der Waals surface area contributed by atoms with Crippen LogP contribution < -0.4 is 10.2 Å². The molecule has 2 aromatic carbocycles. The second kappa shape index (κ2) is 8.05. The van der Waals surface area contributed by atoms with E-state index in [2.05, 4.69) is 40.5 Å². The van der Waals surface area contributed by atoms with E-state index in [0.29, 0.717) is 0 Å². The van der Waals surface area contributed by atoms with Crippen molar-refractivity contribution >= 4 is 29.3 Å². The lowest BCUT2D eigenvalue weighted by atomic mass is 9.87. The topological polar surface area (TPSA) is 32.3 Å². The third kappa shape index (κ3) is 4.23. The molecule has 3 heteroatoms. The normalized spacial score (nSPS) is 17.6. The minimum absolute atomic E-state index is 0.183.